The Balaban J connectivity index is 2.01. The summed E-state index contributed by atoms with van der Waals surface area (Å²) in [4.78, 5) is 1.95. The summed E-state index contributed by atoms with van der Waals surface area (Å²) >= 11 is 3.32. The number of nitrogen functional groups attached to an aromatic ring is 1. The van der Waals surface area contributed by atoms with E-state index >= 15 is 0 Å². The quantitative estimate of drug-likeness (QED) is 0.659. The van der Waals surface area contributed by atoms with Gasteiger partial charge in [0.05, 0.1) is 0 Å². The Labute approximate surface area is 118 Å². The highest BCUT2D eigenvalue weighted by Crippen LogP contribution is 2.30. The van der Waals surface area contributed by atoms with Gasteiger partial charge in [-0.3, -0.25) is 4.90 Å². The van der Waals surface area contributed by atoms with Crippen molar-refractivity contribution in [1.29, 1.82) is 0 Å². The van der Waals surface area contributed by atoms with Crippen molar-refractivity contribution in [3.8, 4) is 0 Å². The van der Waals surface area contributed by atoms with Crippen molar-refractivity contribution < 1.29 is 13.2 Å². The molecule has 0 aromatic heterocycles. The van der Waals surface area contributed by atoms with Crippen LogP contribution in [0.5, 0.6) is 0 Å². The van der Waals surface area contributed by atoms with Crippen molar-refractivity contribution in [2.45, 2.75) is 19.1 Å². The Morgan fingerprint density at radius 2 is 2.05 bits per heavy atom. The molecule has 1 aromatic carbocycles. The van der Waals surface area contributed by atoms with Crippen molar-refractivity contribution in [3.63, 3.8) is 0 Å². The first-order valence-corrected chi connectivity index (χ1v) is 6.68. The van der Waals surface area contributed by atoms with Gasteiger partial charge in [0.15, 0.2) is 0 Å². The number of nitrogens with zero attached hydrogens (tertiary/aromatic N) is 1. The van der Waals surface area contributed by atoms with Crippen molar-refractivity contribution >= 4 is 21.6 Å². The van der Waals surface area contributed by atoms with Gasteiger partial charge in [-0.25, -0.2) is 0 Å². The number of anilines is 1. The first-order chi connectivity index (χ1) is 8.86. The third-order valence-corrected chi connectivity index (χ3v) is 3.65. The van der Waals surface area contributed by atoms with Crippen LogP contribution in [0.1, 0.15) is 12.0 Å². The maximum Gasteiger partial charge on any atom is 0.412 e. The van der Waals surface area contributed by atoms with Gasteiger partial charge in [0.2, 0.25) is 0 Å². The Bertz CT molecular complexity index is 497. The summed E-state index contributed by atoms with van der Waals surface area (Å²) in [5.74, 6) is 0. The van der Waals surface area contributed by atoms with Gasteiger partial charge in [-0.2, -0.15) is 13.2 Å². The molecule has 6 heteroatoms. The van der Waals surface area contributed by atoms with Crippen LogP contribution in [-0.2, 0) is 6.54 Å². The molecule has 0 unspecified atom stereocenters. The number of hydrogen-bond donors (Lipinski definition) is 1. The van der Waals surface area contributed by atoms with Crippen LogP contribution < -0.4 is 5.73 Å². The molecule has 1 aliphatic heterocycles. The number of halogens is 4. The zero-order valence-electron chi connectivity index (χ0n) is 10.2. The van der Waals surface area contributed by atoms with E-state index in [9.17, 15) is 13.2 Å². The SMILES string of the molecule is Nc1cc(Br)ccc1CN1CC=C(C(F)(F)F)CC1. The molecule has 2 N–H and O–H groups in total. The molecular formula is C13H14BrF3N2. The minimum atomic E-state index is -4.19. The summed E-state index contributed by atoms with van der Waals surface area (Å²) in [6.45, 7) is 1.28. The predicted octanol–water partition coefficient (Wildman–Crippen LogP) is 3.73. The molecule has 0 saturated heterocycles. The average molecular weight is 335 g/mol. The number of benzene rings is 1. The number of rotatable bonds is 2. The number of nitrogens with two attached hydrogens (primary N) is 1. The summed E-state index contributed by atoms with van der Waals surface area (Å²) in [5, 5.41) is 0. The fourth-order valence-corrected chi connectivity index (χ4v) is 2.44. The van der Waals surface area contributed by atoms with E-state index in [1.807, 2.05) is 17.0 Å². The van der Waals surface area contributed by atoms with Gasteiger partial charge in [-0.05, 0) is 24.1 Å². The van der Waals surface area contributed by atoms with Crippen LogP contribution >= 0.6 is 15.9 Å². The van der Waals surface area contributed by atoms with E-state index in [0.717, 1.165) is 10.0 Å². The zero-order valence-corrected chi connectivity index (χ0v) is 11.8. The van der Waals surface area contributed by atoms with Crippen molar-refractivity contribution in [2.75, 3.05) is 18.8 Å². The average Bonchev–Trinajstić information content (AvgIpc) is 2.32. The smallest absolute Gasteiger partial charge is 0.398 e. The van der Waals surface area contributed by atoms with Crippen LogP contribution in [0, 0.1) is 0 Å². The van der Waals surface area contributed by atoms with Crippen LogP contribution in [-0.4, -0.2) is 24.2 Å². The maximum atomic E-state index is 12.5. The molecule has 104 valence electrons. The lowest BCUT2D eigenvalue weighted by Gasteiger charge is -2.27. The standard InChI is InChI=1S/C13H14BrF3N2/c14-11-2-1-9(12(18)7-11)8-19-5-3-10(4-6-19)13(15,16)17/h1-3,7H,4-6,8,18H2. The van der Waals surface area contributed by atoms with E-state index < -0.39 is 11.7 Å². The molecule has 0 amide bonds. The minimum Gasteiger partial charge on any atom is -0.398 e. The second-order valence-electron chi connectivity index (χ2n) is 4.56. The van der Waals surface area contributed by atoms with Gasteiger partial charge in [0.1, 0.15) is 0 Å². The number of hydrogen-bond acceptors (Lipinski definition) is 2. The highest BCUT2D eigenvalue weighted by atomic mass is 79.9. The van der Waals surface area contributed by atoms with E-state index in [4.69, 9.17) is 5.73 Å². The van der Waals surface area contributed by atoms with Gasteiger partial charge in [0.25, 0.3) is 0 Å². The number of alkyl halides is 3. The van der Waals surface area contributed by atoms with Crippen LogP contribution in [0.3, 0.4) is 0 Å². The molecule has 0 saturated carbocycles. The van der Waals surface area contributed by atoms with Crippen molar-refractivity contribution in [2.24, 2.45) is 0 Å². The third-order valence-electron chi connectivity index (χ3n) is 3.16. The molecule has 0 fully saturated rings. The second-order valence-corrected chi connectivity index (χ2v) is 5.47. The Hall–Kier alpha value is -1.01. The Morgan fingerprint density at radius 1 is 1.32 bits per heavy atom. The predicted molar refractivity (Wildman–Crippen MR) is 72.6 cm³/mol. The molecule has 19 heavy (non-hydrogen) atoms. The molecule has 0 spiro atoms. The molecular weight excluding hydrogens is 321 g/mol. The summed E-state index contributed by atoms with van der Waals surface area (Å²) in [7, 11) is 0. The summed E-state index contributed by atoms with van der Waals surface area (Å²) < 4.78 is 38.4. The van der Waals surface area contributed by atoms with Crippen LogP contribution in [0.2, 0.25) is 0 Å². The van der Waals surface area contributed by atoms with E-state index in [1.54, 1.807) is 6.07 Å². The summed E-state index contributed by atoms with van der Waals surface area (Å²) in [5.41, 5.74) is 7.05. The maximum absolute atomic E-state index is 12.5. The molecule has 0 aliphatic carbocycles. The normalized spacial score (nSPS) is 17.4. The Kier molecular flexibility index (Phi) is 4.20. The van der Waals surface area contributed by atoms with Crippen molar-refractivity contribution in [3.05, 3.63) is 39.9 Å². The van der Waals surface area contributed by atoms with Gasteiger partial charge in [0, 0.05) is 35.4 Å². The monoisotopic (exact) mass is 334 g/mol. The second kappa shape index (κ2) is 5.54. The molecule has 1 aromatic rings. The molecule has 1 aliphatic rings. The third kappa shape index (κ3) is 3.73. The largest absolute Gasteiger partial charge is 0.412 e. The molecule has 2 rings (SSSR count). The first-order valence-electron chi connectivity index (χ1n) is 5.89. The van der Waals surface area contributed by atoms with E-state index in [1.165, 1.54) is 6.08 Å². The molecule has 0 radical (unpaired) electrons. The van der Waals surface area contributed by atoms with Gasteiger partial charge in [-0.15, -0.1) is 0 Å². The summed E-state index contributed by atoms with van der Waals surface area (Å²) in [6, 6.07) is 5.57. The molecule has 1 heterocycles. The zero-order chi connectivity index (χ0) is 14.0. The highest BCUT2D eigenvalue weighted by molar-refractivity contribution is 9.10. The fraction of sp³-hybridized carbons (Fsp3) is 0.385. The van der Waals surface area contributed by atoms with E-state index in [0.29, 0.717) is 25.3 Å². The summed E-state index contributed by atoms with van der Waals surface area (Å²) in [6.07, 6.45) is -2.89. The van der Waals surface area contributed by atoms with Gasteiger partial charge < -0.3 is 5.73 Å². The minimum absolute atomic E-state index is 0.0416. The van der Waals surface area contributed by atoms with Crippen LogP contribution in [0.15, 0.2) is 34.3 Å². The van der Waals surface area contributed by atoms with E-state index in [-0.39, 0.29) is 6.42 Å². The van der Waals surface area contributed by atoms with Gasteiger partial charge >= 0.3 is 6.18 Å². The lowest BCUT2D eigenvalue weighted by molar-refractivity contribution is -0.0960. The molecule has 0 atom stereocenters. The van der Waals surface area contributed by atoms with Crippen LogP contribution in [0.4, 0.5) is 18.9 Å². The van der Waals surface area contributed by atoms with Gasteiger partial charge in [-0.1, -0.05) is 28.1 Å². The lowest BCUT2D eigenvalue weighted by atomic mass is 10.1. The Morgan fingerprint density at radius 3 is 2.58 bits per heavy atom. The first kappa shape index (κ1) is 14.4. The molecule has 0 bridgehead atoms. The highest BCUT2D eigenvalue weighted by Gasteiger charge is 2.34. The lowest BCUT2D eigenvalue weighted by Crippen LogP contribution is -2.31. The fourth-order valence-electron chi connectivity index (χ4n) is 2.06. The van der Waals surface area contributed by atoms with Crippen molar-refractivity contribution in [1.82, 2.24) is 4.90 Å². The topological polar surface area (TPSA) is 29.3 Å². The van der Waals surface area contributed by atoms with E-state index in [2.05, 4.69) is 15.9 Å². The van der Waals surface area contributed by atoms with Crippen LogP contribution in [0.25, 0.3) is 0 Å². The molecule has 2 nitrogen and oxygen atoms in total.